The maximum Gasteiger partial charge on any atom is 0.384 e. The highest BCUT2D eigenvalue weighted by molar-refractivity contribution is 6.99. The van der Waals surface area contributed by atoms with Crippen LogP contribution in [0.5, 0.6) is 0 Å². The molecule has 1 aliphatic rings. The molecule has 34 heavy (non-hydrogen) atoms. The van der Waals surface area contributed by atoms with Crippen LogP contribution in [0.1, 0.15) is 48.0 Å². The first-order chi connectivity index (χ1) is 16.1. The Kier molecular flexibility index (Phi) is 8.37. The Morgan fingerprint density at radius 1 is 1.09 bits per heavy atom. The summed E-state index contributed by atoms with van der Waals surface area (Å²) in [6, 6.07) is 20.9. The van der Waals surface area contributed by atoms with E-state index in [1.54, 1.807) is 6.92 Å². The molecule has 2 atom stereocenters. The first-order valence-corrected chi connectivity index (χ1v) is 13.8. The fourth-order valence-corrected chi connectivity index (χ4v) is 9.16. The van der Waals surface area contributed by atoms with Crippen molar-refractivity contribution in [2.45, 2.75) is 71.0 Å². The Morgan fingerprint density at radius 2 is 1.65 bits per heavy atom. The molecule has 0 N–H and O–H groups in total. The van der Waals surface area contributed by atoms with Crippen LogP contribution in [0.15, 0.2) is 60.7 Å². The first-order valence-electron chi connectivity index (χ1n) is 11.9. The summed E-state index contributed by atoms with van der Waals surface area (Å²) >= 11 is 0. The molecule has 0 unspecified atom stereocenters. The maximum atomic E-state index is 11.9. The lowest BCUT2D eigenvalue weighted by Gasteiger charge is -2.45. The first kappa shape index (κ1) is 26.2. The standard InChI is InChI=1S/C28H36O5Si/c1-7-30-26(29)20-14-19-24(25-21-31-28(5,6)32-25)33-34(27(2,3)4,22-15-10-8-11-16-22)23-17-12-9-13-18-23/h8-13,15-18,24-25H,7,19,21H2,1-6H3/t24-,25+/m0/s1. The van der Waals surface area contributed by atoms with Crippen molar-refractivity contribution in [2.24, 2.45) is 0 Å². The summed E-state index contributed by atoms with van der Waals surface area (Å²) < 4.78 is 24.4. The normalized spacial score (nSPS) is 18.6. The molecule has 0 aromatic heterocycles. The molecule has 0 aliphatic carbocycles. The van der Waals surface area contributed by atoms with Gasteiger partial charge in [0.15, 0.2) is 5.79 Å². The zero-order valence-corrected chi connectivity index (χ0v) is 22.1. The molecule has 1 heterocycles. The van der Waals surface area contributed by atoms with Crippen LogP contribution in [-0.4, -0.2) is 45.5 Å². The number of carbonyl (C=O) groups excluding carboxylic acids is 1. The van der Waals surface area contributed by atoms with E-state index in [0.29, 0.717) is 19.6 Å². The zero-order valence-electron chi connectivity index (χ0n) is 21.1. The number of benzene rings is 2. The second-order valence-electron chi connectivity index (χ2n) is 9.91. The molecule has 2 aromatic carbocycles. The number of esters is 1. The SMILES string of the molecule is CCOC(=O)C#CC[C@H](O[Si](c1ccccc1)(c1ccccc1)C(C)(C)C)[C@H]1COC(C)(C)O1. The summed E-state index contributed by atoms with van der Waals surface area (Å²) in [4.78, 5) is 11.9. The number of rotatable bonds is 7. The van der Waals surface area contributed by atoms with Gasteiger partial charge in [-0.25, -0.2) is 4.79 Å². The Bertz CT molecular complexity index is 962. The molecule has 1 saturated heterocycles. The van der Waals surface area contributed by atoms with E-state index < -0.39 is 26.2 Å². The Morgan fingerprint density at radius 3 is 2.09 bits per heavy atom. The molecule has 182 valence electrons. The fraction of sp³-hybridized carbons (Fsp3) is 0.464. The molecular formula is C28H36O5Si. The summed E-state index contributed by atoms with van der Waals surface area (Å²) in [6.45, 7) is 13.0. The van der Waals surface area contributed by atoms with E-state index in [4.69, 9.17) is 18.6 Å². The predicted octanol–water partition coefficient (Wildman–Crippen LogP) is 4.04. The molecule has 5 nitrogen and oxygen atoms in total. The van der Waals surface area contributed by atoms with Gasteiger partial charge in [-0.15, -0.1) is 0 Å². The molecule has 0 amide bonds. The van der Waals surface area contributed by atoms with Crippen LogP contribution >= 0.6 is 0 Å². The van der Waals surface area contributed by atoms with Crippen LogP contribution < -0.4 is 10.4 Å². The van der Waals surface area contributed by atoms with Gasteiger partial charge in [0.1, 0.15) is 6.10 Å². The van der Waals surface area contributed by atoms with Crippen LogP contribution in [-0.2, 0) is 23.4 Å². The van der Waals surface area contributed by atoms with Crippen LogP contribution in [0.2, 0.25) is 5.04 Å². The van der Waals surface area contributed by atoms with Crippen molar-refractivity contribution in [2.75, 3.05) is 13.2 Å². The van der Waals surface area contributed by atoms with Gasteiger partial charge < -0.3 is 18.6 Å². The molecule has 0 bridgehead atoms. The smallest absolute Gasteiger partial charge is 0.384 e. The van der Waals surface area contributed by atoms with E-state index in [-0.39, 0.29) is 11.1 Å². The minimum atomic E-state index is -2.84. The van der Waals surface area contributed by atoms with Crippen molar-refractivity contribution in [3.05, 3.63) is 60.7 Å². The lowest BCUT2D eigenvalue weighted by Crippen LogP contribution is -2.68. The van der Waals surface area contributed by atoms with E-state index in [1.807, 2.05) is 26.0 Å². The molecule has 2 aromatic rings. The van der Waals surface area contributed by atoms with E-state index in [0.717, 1.165) is 0 Å². The summed E-state index contributed by atoms with van der Waals surface area (Å²) in [5.41, 5.74) is 0. The molecule has 6 heteroatoms. The third-order valence-electron chi connectivity index (χ3n) is 5.96. The van der Waals surface area contributed by atoms with Crippen LogP contribution in [0.4, 0.5) is 0 Å². The summed E-state index contributed by atoms with van der Waals surface area (Å²) in [5.74, 6) is 4.34. The molecule has 1 fully saturated rings. The Hall–Kier alpha value is -2.43. The van der Waals surface area contributed by atoms with Crippen molar-refractivity contribution in [3.63, 3.8) is 0 Å². The zero-order chi connectivity index (χ0) is 24.8. The third-order valence-corrected chi connectivity index (χ3v) is 11.0. The monoisotopic (exact) mass is 480 g/mol. The number of carbonyl (C=O) groups is 1. The van der Waals surface area contributed by atoms with Gasteiger partial charge in [0.2, 0.25) is 0 Å². The van der Waals surface area contributed by atoms with Gasteiger partial charge in [-0.3, -0.25) is 0 Å². The maximum absolute atomic E-state index is 11.9. The summed E-state index contributed by atoms with van der Waals surface area (Å²) in [5, 5.41) is 2.16. The van der Waals surface area contributed by atoms with Gasteiger partial charge in [-0.1, -0.05) is 87.4 Å². The third kappa shape index (κ3) is 5.97. The average Bonchev–Trinajstić information content (AvgIpc) is 3.16. The number of ether oxygens (including phenoxy) is 3. The van der Waals surface area contributed by atoms with E-state index in [2.05, 4.69) is 81.1 Å². The van der Waals surface area contributed by atoms with Crippen LogP contribution in [0.3, 0.4) is 0 Å². The van der Waals surface area contributed by atoms with E-state index >= 15 is 0 Å². The second-order valence-corrected chi connectivity index (χ2v) is 14.2. The topological polar surface area (TPSA) is 54.0 Å². The number of hydrogen-bond acceptors (Lipinski definition) is 5. The minimum absolute atomic E-state index is 0.197. The highest BCUT2D eigenvalue weighted by Crippen LogP contribution is 2.39. The second kappa shape index (κ2) is 10.9. The molecule has 1 aliphatic heterocycles. The average molecular weight is 481 g/mol. The van der Waals surface area contributed by atoms with Crippen molar-refractivity contribution in [3.8, 4) is 11.8 Å². The Balaban J connectivity index is 2.09. The van der Waals surface area contributed by atoms with E-state index in [9.17, 15) is 4.79 Å². The van der Waals surface area contributed by atoms with Gasteiger partial charge in [0.25, 0.3) is 8.32 Å². The molecule has 0 spiro atoms. The van der Waals surface area contributed by atoms with Gasteiger partial charge in [-0.05, 0) is 36.2 Å². The van der Waals surface area contributed by atoms with Crippen LogP contribution in [0.25, 0.3) is 0 Å². The van der Waals surface area contributed by atoms with Gasteiger partial charge in [0.05, 0.1) is 19.3 Å². The number of hydrogen-bond donors (Lipinski definition) is 0. The molecule has 0 radical (unpaired) electrons. The van der Waals surface area contributed by atoms with Crippen molar-refractivity contribution < 1.29 is 23.4 Å². The fourth-order valence-electron chi connectivity index (χ4n) is 4.46. The van der Waals surface area contributed by atoms with Crippen molar-refractivity contribution >= 4 is 24.7 Å². The largest absolute Gasteiger partial charge is 0.456 e. The van der Waals surface area contributed by atoms with E-state index in [1.165, 1.54) is 10.4 Å². The Labute approximate surface area is 204 Å². The molecule has 3 rings (SSSR count). The molecular weight excluding hydrogens is 444 g/mol. The van der Waals surface area contributed by atoms with Crippen molar-refractivity contribution in [1.29, 1.82) is 0 Å². The quantitative estimate of drug-likeness (QED) is 0.259. The van der Waals surface area contributed by atoms with Gasteiger partial charge in [0, 0.05) is 12.3 Å². The lowest BCUT2D eigenvalue weighted by atomic mass is 10.1. The summed E-state index contributed by atoms with van der Waals surface area (Å²) in [7, 11) is -2.84. The van der Waals surface area contributed by atoms with Gasteiger partial charge in [-0.2, -0.15) is 0 Å². The van der Waals surface area contributed by atoms with Crippen LogP contribution in [0, 0.1) is 11.8 Å². The highest BCUT2D eigenvalue weighted by atomic mass is 28.4. The van der Waals surface area contributed by atoms with Crippen molar-refractivity contribution in [1.82, 2.24) is 0 Å². The lowest BCUT2D eigenvalue weighted by molar-refractivity contribution is -0.149. The minimum Gasteiger partial charge on any atom is -0.456 e. The predicted molar refractivity (Wildman–Crippen MR) is 136 cm³/mol. The highest BCUT2D eigenvalue weighted by Gasteiger charge is 2.53. The van der Waals surface area contributed by atoms with Gasteiger partial charge >= 0.3 is 5.97 Å². The summed E-state index contributed by atoms with van der Waals surface area (Å²) in [6.07, 6.45) is -0.379. The molecule has 0 saturated carbocycles.